The molecule has 3 aromatic carbocycles. The van der Waals surface area contributed by atoms with Gasteiger partial charge in [-0.25, -0.2) is 9.59 Å². The van der Waals surface area contributed by atoms with E-state index in [1.165, 1.54) is 23.1 Å². The molecule has 3 amide bonds. The highest BCUT2D eigenvalue weighted by Crippen LogP contribution is 2.31. The lowest BCUT2D eigenvalue weighted by atomic mass is 9.88. The van der Waals surface area contributed by atoms with Gasteiger partial charge in [0.15, 0.2) is 0 Å². The van der Waals surface area contributed by atoms with Gasteiger partial charge in [-0.3, -0.25) is 9.69 Å². The van der Waals surface area contributed by atoms with Crippen molar-refractivity contribution in [2.24, 2.45) is 0 Å². The first-order valence-corrected chi connectivity index (χ1v) is 14.5. The summed E-state index contributed by atoms with van der Waals surface area (Å²) in [6.45, 7) is 5.60. The maximum absolute atomic E-state index is 14.1. The standard InChI is InChI=1S/C33H35ClN4O4/c1-3-38(33(22-35)16-18-36-19-17-33)32(42)37(20-15-23(2)24-7-5-4-6-8-24)30(39)26-11-9-25(10-12-26)28-21-27(31(40)41)13-14-29(28)34/h4-14,21,23,36H,3,15-20H2,1-2H3,(H,40,41)/t23-/m0/s1. The fourth-order valence-corrected chi connectivity index (χ4v) is 5.66. The van der Waals surface area contributed by atoms with Crippen molar-refractivity contribution in [1.29, 1.82) is 5.26 Å². The molecule has 1 aliphatic heterocycles. The lowest BCUT2D eigenvalue weighted by molar-refractivity contribution is 0.0660. The van der Waals surface area contributed by atoms with E-state index in [2.05, 4.69) is 18.3 Å². The van der Waals surface area contributed by atoms with Crippen molar-refractivity contribution in [3.05, 3.63) is 94.5 Å². The zero-order valence-electron chi connectivity index (χ0n) is 23.8. The predicted molar refractivity (Wildman–Crippen MR) is 163 cm³/mol. The molecule has 1 heterocycles. The van der Waals surface area contributed by atoms with Gasteiger partial charge in [-0.15, -0.1) is 0 Å². The lowest BCUT2D eigenvalue weighted by Crippen LogP contribution is -2.60. The fourth-order valence-electron chi connectivity index (χ4n) is 5.43. The maximum atomic E-state index is 14.1. The number of nitrogens with zero attached hydrogens (tertiary/aromatic N) is 3. The first kappa shape index (κ1) is 30.8. The van der Waals surface area contributed by atoms with Gasteiger partial charge in [-0.1, -0.05) is 61.0 Å². The number of carbonyl (C=O) groups excluding carboxylic acids is 2. The molecule has 0 bridgehead atoms. The van der Waals surface area contributed by atoms with E-state index in [9.17, 15) is 24.8 Å². The van der Waals surface area contributed by atoms with E-state index in [1.54, 1.807) is 29.2 Å². The van der Waals surface area contributed by atoms with Crippen LogP contribution in [0, 0.1) is 11.3 Å². The Labute approximate surface area is 251 Å². The molecule has 0 aliphatic carbocycles. The highest BCUT2D eigenvalue weighted by Gasteiger charge is 2.43. The van der Waals surface area contributed by atoms with E-state index in [0.29, 0.717) is 60.6 Å². The van der Waals surface area contributed by atoms with Crippen molar-refractivity contribution in [2.45, 2.75) is 44.6 Å². The fraction of sp³-hybridized carbons (Fsp3) is 0.333. The summed E-state index contributed by atoms with van der Waals surface area (Å²) in [5, 5.41) is 23.2. The van der Waals surface area contributed by atoms with Crippen LogP contribution in [0.25, 0.3) is 11.1 Å². The number of rotatable bonds is 9. The zero-order chi connectivity index (χ0) is 30.3. The molecule has 0 spiro atoms. The molecule has 0 saturated carbocycles. The number of urea groups is 1. The minimum absolute atomic E-state index is 0.0965. The largest absolute Gasteiger partial charge is 0.478 e. The summed E-state index contributed by atoms with van der Waals surface area (Å²) in [6.07, 6.45) is 1.52. The average molecular weight is 587 g/mol. The number of carboxylic acids is 1. The Kier molecular flexibility index (Phi) is 10.00. The number of nitrogens with one attached hydrogen (secondary N) is 1. The summed E-state index contributed by atoms with van der Waals surface area (Å²) < 4.78 is 0. The summed E-state index contributed by atoms with van der Waals surface area (Å²) in [4.78, 5) is 42.4. The molecule has 1 atom stereocenters. The van der Waals surface area contributed by atoms with Gasteiger partial charge in [0.05, 0.1) is 11.6 Å². The molecule has 0 aromatic heterocycles. The Balaban J connectivity index is 1.65. The van der Waals surface area contributed by atoms with Gasteiger partial charge >= 0.3 is 12.0 Å². The first-order chi connectivity index (χ1) is 20.2. The van der Waals surface area contributed by atoms with Crippen molar-refractivity contribution < 1.29 is 19.5 Å². The third-order valence-electron chi connectivity index (χ3n) is 7.99. The van der Waals surface area contributed by atoms with Gasteiger partial charge in [-0.2, -0.15) is 5.26 Å². The van der Waals surface area contributed by atoms with Gasteiger partial charge in [0.1, 0.15) is 5.54 Å². The van der Waals surface area contributed by atoms with Crippen LogP contribution in [0.1, 0.15) is 65.3 Å². The Morgan fingerprint density at radius 3 is 2.26 bits per heavy atom. The van der Waals surface area contributed by atoms with Gasteiger partial charge in [0.2, 0.25) is 0 Å². The van der Waals surface area contributed by atoms with Crippen LogP contribution in [0.15, 0.2) is 72.8 Å². The molecule has 8 nitrogen and oxygen atoms in total. The summed E-state index contributed by atoms with van der Waals surface area (Å²) in [5.74, 6) is -1.43. The SMILES string of the molecule is CCN(C(=O)N(CC[C@H](C)c1ccccc1)C(=O)c1ccc(-c2cc(C(=O)O)ccc2Cl)cc1)C1(C#N)CCNCC1. The van der Waals surface area contributed by atoms with Gasteiger partial charge in [-0.05, 0) is 86.7 Å². The molecule has 1 saturated heterocycles. The molecule has 1 aliphatic rings. The maximum Gasteiger partial charge on any atom is 0.335 e. The minimum atomic E-state index is -1.07. The molecule has 1 fully saturated rings. The lowest BCUT2D eigenvalue weighted by Gasteiger charge is -2.42. The van der Waals surface area contributed by atoms with E-state index >= 15 is 0 Å². The number of halogens is 1. The van der Waals surface area contributed by atoms with Crippen LogP contribution in [0.3, 0.4) is 0 Å². The molecule has 0 unspecified atom stereocenters. The number of carbonyl (C=O) groups is 3. The zero-order valence-corrected chi connectivity index (χ0v) is 24.6. The molecular formula is C33H35ClN4O4. The summed E-state index contributed by atoms with van der Waals surface area (Å²) in [5.41, 5.74) is 1.69. The van der Waals surface area contributed by atoms with E-state index in [1.807, 2.05) is 37.3 Å². The molecule has 218 valence electrons. The van der Waals surface area contributed by atoms with E-state index < -0.39 is 23.4 Å². The quantitative estimate of drug-likeness (QED) is 0.299. The highest BCUT2D eigenvalue weighted by atomic mass is 35.5. The number of carboxylic acid groups (broad SMARTS) is 1. The highest BCUT2D eigenvalue weighted by molar-refractivity contribution is 6.33. The van der Waals surface area contributed by atoms with E-state index in [-0.39, 0.29) is 18.0 Å². The van der Waals surface area contributed by atoms with E-state index in [4.69, 9.17) is 11.6 Å². The van der Waals surface area contributed by atoms with Gasteiger partial charge in [0.25, 0.3) is 5.91 Å². The Hall–Kier alpha value is -4.19. The second-order valence-electron chi connectivity index (χ2n) is 10.6. The molecule has 42 heavy (non-hydrogen) atoms. The molecule has 4 rings (SSSR count). The summed E-state index contributed by atoms with van der Waals surface area (Å²) >= 11 is 6.35. The second kappa shape index (κ2) is 13.6. The second-order valence-corrected chi connectivity index (χ2v) is 11.0. The average Bonchev–Trinajstić information content (AvgIpc) is 3.02. The molecule has 2 N–H and O–H groups in total. The topological polar surface area (TPSA) is 114 Å². The van der Waals surface area contributed by atoms with Crippen LogP contribution in [-0.4, -0.2) is 64.5 Å². The predicted octanol–water partition coefficient (Wildman–Crippen LogP) is 6.43. The number of aromatic carboxylic acids is 1. The van der Waals surface area contributed by atoms with Crippen LogP contribution in [0.4, 0.5) is 4.79 Å². The third-order valence-corrected chi connectivity index (χ3v) is 8.32. The summed E-state index contributed by atoms with van der Waals surface area (Å²) in [7, 11) is 0. The van der Waals surface area contributed by atoms with Gasteiger partial charge in [0, 0.05) is 29.2 Å². The number of piperidine rings is 1. The van der Waals surface area contributed by atoms with Crippen LogP contribution in [0.5, 0.6) is 0 Å². The number of hydrogen-bond acceptors (Lipinski definition) is 5. The van der Waals surface area contributed by atoms with Crippen molar-refractivity contribution in [3.63, 3.8) is 0 Å². The van der Waals surface area contributed by atoms with Crippen LogP contribution in [0.2, 0.25) is 5.02 Å². The normalized spacial score (nSPS) is 14.8. The Morgan fingerprint density at radius 1 is 1.02 bits per heavy atom. The Morgan fingerprint density at radius 2 is 1.67 bits per heavy atom. The number of nitriles is 1. The molecular weight excluding hydrogens is 552 g/mol. The number of hydrogen-bond donors (Lipinski definition) is 2. The number of amides is 3. The van der Waals surface area contributed by atoms with Crippen molar-refractivity contribution in [3.8, 4) is 17.2 Å². The van der Waals surface area contributed by atoms with Crippen LogP contribution >= 0.6 is 11.6 Å². The Bertz CT molecular complexity index is 1460. The molecule has 3 aromatic rings. The van der Waals surface area contributed by atoms with Crippen molar-refractivity contribution >= 4 is 29.5 Å². The van der Waals surface area contributed by atoms with Gasteiger partial charge < -0.3 is 15.3 Å². The van der Waals surface area contributed by atoms with Crippen LogP contribution < -0.4 is 5.32 Å². The minimum Gasteiger partial charge on any atom is -0.478 e. The molecule has 0 radical (unpaired) electrons. The molecule has 9 heteroatoms. The van der Waals surface area contributed by atoms with E-state index in [0.717, 1.165) is 5.56 Å². The van der Waals surface area contributed by atoms with Crippen LogP contribution in [-0.2, 0) is 0 Å². The summed E-state index contributed by atoms with van der Waals surface area (Å²) in [6, 6.07) is 22.9. The first-order valence-electron chi connectivity index (χ1n) is 14.1. The van der Waals surface area contributed by atoms with Crippen molar-refractivity contribution in [1.82, 2.24) is 15.1 Å². The van der Waals surface area contributed by atoms with Crippen molar-refractivity contribution in [2.75, 3.05) is 26.2 Å². The smallest absolute Gasteiger partial charge is 0.335 e. The number of benzene rings is 3. The monoisotopic (exact) mass is 586 g/mol. The number of imide groups is 1. The third kappa shape index (κ3) is 6.64.